The van der Waals surface area contributed by atoms with E-state index in [4.69, 9.17) is 46.4 Å². The molecule has 0 fully saturated rings. The molecule has 104 valence electrons. The van der Waals surface area contributed by atoms with E-state index in [0.29, 0.717) is 5.56 Å². The van der Waals surface area contributed by atoms with Crippen LogP contribution in [0.4, 0.5) is 0 Å². The molecule has 0 saturated heterocycles. The zero-order valence-corrected chi connectivity index (χ0v) is 14.6. The van der Waals surface area contributed by atoms with Crippen molar-refractivity contribution < 1.29 is 9.59 Å². The van der Waals surface area contributed by atoms with Crippen molar-refractivity contribution in [3.05, 3.63) is 35.9 Å². The number of alkyl halides is 4. The van der Waals surface area contributed by atoms with Crippen LogP contribution in [0.15, 0.2) is 30.3 Å². The zero-order valence-electron chi connectivity index (χ0n) is 9.50. The van der Waals surface area contributed by atoms with Crippen molar-refractivity contribution >= 4 is 72.6 Å². The third kappa shape index (κ3) is 5.93. The number of amides is 1. The molecule has 0 radical (unpaired) electrons. The molecule has 0 saturated carbocycles. The third-order valence-electron chi connectivity index (χ3n) is 2.07. The Kier molecular flexibility index (Phi) is 6.99. The number of carbonyl (C=O) groups excluding carboxylic acids is 2. The van der Waals surface area contributed by atoms with E-state index in [1.54, 1.807) is 30.3 Å². The monoisotopic (exact) mass is 403 g/mol. The Morgan fingerprint density at radius 2 is 1.79 bits per heavy atom. The van der Waals surface area contributed by atoms with Gasteiger partial charge in [-0.25, -0.2) is 0 Å². The molecule has 1 N–H and O–H groups in total. The average Bonchev–Trinajstić information content (AvgIpc) is 2.37. The van der Waals surface area contributed by atoms with Crippen LogP contribution in [0.2, 0.25) is 0 Å². The summed E-state index contributed by atoms with van der Waals surface area (Å²) in [5.74, 6) is -0.526. The molecule has 0 spiro atoms. The first kappa shape index (κ1) is 17.1. The first-order chi connectivity index (χ1) is 8.84. The second kappa shape index (κ2) is 7.75. The van der Waals surface area contributed by atoms with Gasteiger partial charge >= 0.3 is 138 Å². The van der Waals surface area contributed by atoms with Crippen LogP contribution in [-0.4, -0.2) is 40.7 Å². The SMILES string of the molecule is O=C(CCl)[AsH]C(NC(=O)c1ccccc1)C(Cl)(Cl)Cl. The van der Waals surface area contributed by atoms with E-state index in [2.05, 4.69) is 5.32 Å². The Morgan fingerprint density at radius 3 is 2.26 bits per heavy atom. The van der Waals surface area contributed by atoms with Gasteiger partial charge in [0.2, 0.25) is 0 Å². The molecule has 19 heavy (non-hydrogen) atoms. The molecule has 3 nitrogen and oxygen atoms in total. The number of hydrogen-bond acceptors (Lipinski definition) is 2. The summed E-state index contributed by atoms with van der Waals surface area (Å²) >= 11 is 21.4. The van der Waals surface area contributed by atoms with Gasteiger partial charge in [-0.3, -0.25) is 0 Å². The number of benzene rings is 1. The van der Waals surface area contributed by atoms with Gasteiger partial charge in [-0.05, 0) is 0 Å². The molecule has 0 aliphatic carbocycles. The second-order valence-electron chi connectivity index (χ2n) is 3.52. The van der Waals surface area contributed by atoms with Crippen LogP contribution in [0.25, 0.3) is 0 Å². The summed E-state index contributed by atoms with van der Waals surface area (Å²) in [4.78, 5) is 22.5. The van der Waals surface area contributed by atoms with E-state index < -0.39 is 24.4 Å². The fraction of sp³-hybridized carbons (Fsp3) is 0.273. The van der Waals surface area contributed by atoms with Crippen LogP contribution < -0.4 is 5.32 Å². The first-order valence-corrected chi connectivity index (χ1v) is 9.05. The van der Waals surface area contributed by atoms with Crippen molar-refractivity contribution in [2.45, 2.75) is 8.62 Å². The Balaban J connectivity index is 2.78. The molecule has 0 heterocycles. The normalized spacial score (nSPS) is 13.5. The zero-order chi connectivity index (χ0) is 14.5. The van der Waals surface area contributed by atoms with E-state index >= 15 is 0 Å². The van der Waals surface area contributed by atoms with Gasteiger partial charge in [-0.2, -0.15) is 0 Å². The van der Waals surface area contributed by atoms with Crippen molar-refractivity contribution in [3.8, 4) is 0 Å². The van der Waals surface area contributed by atoms with Gasteiger partial charge < -0.3 is 0 Å². The van der Waals surface area contributed by atoms with E-state index in [-0.39, 0.29) is 16.4 Å². The van der Waals surface area contributed by atoms with E-state index in [9.17, 15) is 9.59 Å². The minimum absolute atomic E-state index is 0.140. The molecular weight excluding hydrogens is 395 g/mol. The molecule has 2 unspecified atom stereocenters. The molecule has 8 heteroatoms. The van der Waals surface area contributed by atoms with Crippen LogP contribution in [0, 0.1) is 0 Å². The fourth-order valence-corrected chi connectivity index (χ4v) is 4.23. The maximum absolute atomic E-state index is 12.0. The molecule has 1 aromatic rings. The second-order valence-corrected chi connectivity index (χ2v) is 9.14. The number of halogens is 4. The fourth-order valence-electron chi connectivity index (χ4n) is 1.20. The molecule has 1 amide bonds. The van der Waals surface area contributed by atoms with Crippen LogP contribution in [-0.2, 0) is 4.79 Å². The Labute approximate surface area is 137 Å². The molecule has 0 aromatic heterocycles. The van der Waals surface area contributed by atoms with Crippen LogP contribution in [0.1, 0.15) is 10.4 Å². The van der Waals surface area contributed by atoms with Crippen molar-refractivity contribution in [3.63, 3.8) is 0 Å². The molecule has 0 aliphatic heterocycles. The first-order valence-electron chi connectivity index (χ1n) is 5.12. The summed E-state index contributed by atoms with van der Waals surface area (Å²) in [6, 6.07) is 8.50. The van der Waals surface area contributed by atoms with E-state index in [1.165, 1.54) is 0 Å². The van der Waals surface area contributed by atoms with Crippen LogP contribution in [0.3, 0.4) is 0 Å². The molecule has 1 aromatic carbocycles. The van der Waals surface area contributed by atoms with E-state index in [0.717, 1.165) is 0 Å². The minimum atomic E-state index is -1.73. The summed E-state index contributed by atoms with van der Waals surface area (Å²) in [6.07, 6.45) is 0. The quantitative estimate of drug-likeness (QED) is 0.604. The van der Waals surface area contributed by atoms with Crippen molar-refractivity contribution in [1.82, 2.24) is 5.32 Å². The van der Waals surface area contributed by atoms with Crippen LogP contribution in [0.5, 0.6) is 0 Å². The number of nitrogens with one attached hydrogen (secondary N) is 1. The number of hydrogen-bond donors (Lipinski definition) is 1. The molecule has 0 aliphatic rings. The number of rotatable bonds is 5. The summed E-state index contributed by atoms with van der Waals surface area (Å²) in [5.41, 5.74) is 0.437. The molecule has 1 rings (SSSR count). The number of carbonyl (C=O) groups is 2. The Morgan fingerprint density at radius 1 is 1.21 bits per heavy atom. The van der Waals surface area contributed by atoms with E-state index in [1.807, 2.05) is 0 Å². The van der Waals surface area contributed by atoms with Crippen molar-refractivity contribution in [1.29, 1.82) is 0 Å². The van der Waals surface area contributed by atoms with Gasteiger partial charge in [0.15, 0.2) is 0 Å². The van der Waals surface area contributed by atoms with Crippen LogP contribution >= 0.6 is 46.4 Å². The standard InChI is InChI=1S/C11H10AsCl4NO2/c13-6-8(18)12-10(11(14,15)16)17-9(19)7-4-2-1-3-5-7/h1-5,10,12H,6H2,(H,17,19). The van der Waals surface area contributed by atoms with Crippen molar-refractivity contribution in [2.24, 2.45) is 0 Å². The summed E-state index contributed by atoms with van der Waals surface area (Å²) in [5, 5.41) is 2.58. The average molecular weight is 405 g/mol. The van der Waals surface area contributed by atoms with Gasteiger partial charge in [0.25, 0.3) is 0 Å². The Bertz CT molecular complexity index is 450. The maximum atomic E-state index is 12.0. The summed E-state index contributed by atoms with van der Waals surface area (Å²) < 4.78 is -1.92. The van der Waals surface area contributed by atoms with Gasteiger partial charge in [-0.1, -0.05) is 0 Å². The molecule has 2 atom stereocenters. The predicted octanol–water partition coefficient (Wildman–Crippen LogP) is 2.31. The summed E-state index contributed by atoms with van der Waals surface area (Å²) in [6.45, 7) is 0. The third-order valence-corrected chi connectivity index (χ3v) is 7.45. The molecule has 0 bridgehead atoms. The topological polar surface area (TPSA) is 46.2 Å². The van der Waals surface area contributed by atoms with Gasteiger partial charge in [0, 0.05) is 0 Å². The van der Waals surface area contributed by atoms with Gasteiger partial charge in [0.05, 0.1) is 0 Å². The Hall–Kier alpha value is 0.0784. The predicted molar refractivity (Wildman–Crippen MR) is 80.9 cm³/mol. The summed E-state index contributed by atoms with van der Waals surface area (Å²) in [7, 11) is 0. The van der Waals surface area contributed by atoms with Gasteiger partial charge in [0.1, 0.15) is 0 Å². The van der Waals surface area contributed by atoms with Gasteiger partial charge in [-0.15, -0.1) is 0 Å². The molecular formula is C11H10AsCl4NO2. The van der Waals surface area contributed by atoms with Crippen molar-refractivity contribution in [2.75, 3.05) is 5.88 Å².